The minimum absolute atomic E-state index is 0.0288. The number of nitrogens with zero attached hydrogens (tertiary/aromatic N) is 7. The zero-order valence-electron chi connectivity index (χ0n) is 37.3. The minimum atomic E-state index is -0.901. The first-order chi connectivity index (χ1) is 30.2. The van der Waals surface area contributed by atoms with E-state index >= 15 is 0 Å². The molecule has 2 amide bonds. The summed E-state index contributed by atoms with van der Waals surface area (Å²) in [5.41, 5.74) is 13.0. The fourth-order valence-corrected chi connectivity index (χ4v) is 10.1. The molecule has 14 nitrogen and oxygen atoms in total. The number of nitrogens with one attached hydrogen (secondary N) is 1. The standard InChI is InChI=1S/C48H63N9O5S/c1-30(32-17-19-33(20-18-32)44-31(2)50-29-63-44)51-46(61)39-26-35(58)28-56(39)47(62)42(48(3,4)5)41(60)16-10-8-6-7-9-13-23-55-24-21-34(22-25-55)57-38-27-37(36-14-11-12-15-40(36)59)52-53-43(38)45(49)54-57/h11-12,14-15,17-20,27,29-30,34-35,39,42,58-59H,6-10,13,16,21-26,28H2,1-5H3,(H2,49,54)(H,51,61)/t30?,35-,39+,42?/m1/s1. The van der Waals surface area contributed by atoms with E-state index in [1.807, 2.05) is 87.3 Å². The Morgan fingerprint density at radius 2 is 1.67 bits per heavy atom. The zero-order valence-corrected chi connectivity index (χ0v) is 38.1. The number of ketones is 1. The average molecular weight is 878 g/mol. The summed E-state index contributed by atoms with van der Waals surface area (Å²) in [6.07, 6.45) is 7.46. The number of anilines is 1. The van der Waals surface area contributed by atoms with Crippen LogP contribution >= 0.6 is 11.3 Å². The van der Waals surface area contributed by atoms with Gasteiger partial charge in [-0.25, -0.2) is 4.98 Å². The maximum atomic E-state index is 14.2. The van der Waals surface area contributed by atoms with Crippen molar-refractivity contribution in [3.63, 3.8) is 0 Å². The molecule has 2 aliphatic rings. The van der Waals surface area contributed by atoms with Crippen LogP contribution in [-0.4, -0.2) is 101 Å². The first kappa shape index (κ1) is 45.8. The summed E-state index contributed by atoms with van der Waals surface area (Å²) >= 11 is 1.59. The number of phenolic OH excluding ortho intramolecular Hbond substituents is 1. The van der Waals surface area contributed by atoms with E-state index in [1.165, 1.54) is 4.90 Å². The van der Waals surface area contributed by atoms with E-state index in [0.717, 1.165) is 91.8 Å². The highest BCUT2D eigenvalue weighted by Crippen LogP contribution is 2.35. The number of carbonyl (C=O) groups excluding carboxylic acids is 3. The number of fused-ring (bicyclic) bond motifs is 1. The van der Waals surface area contributed by atoms with Gasteiger partial charge in [0, 0.05) is 38.0 Å². The summed E-state index contributed by atoms with van der Waals surface area (Å²) in [5, 5.41) is 37.4. The van der Waals surface area contributed by atoms with Crippen molar-refractivity contribution < 1.29 is 24.6 Å². The van der Waals surface area contributed by atoms with Crippen LogP contribution in [0.3, 0.4) is 0 Å². The fourth-order valence-electron chi connectivity index (χ4n) is 9.29. The number of benzene rings is 2. The molecule has 0 bridgehead atoms. The van der Waals surface area contributed by atoms with Gasteiger partial charge in [-0.2, -0.15) is 5.10 Å². The largest absolute Gasteiger partial charge is 0.507 e. The number of carbonyl (C=O) groups is 3. The summed E-state index contributed by atoms with van der Waals surface area (Å²) in [6, 6.07) is 16.1. The number of likely N-dealkylation sites (tertiary alicyclic amines) is 2. The molecule has 5 aromatic rings. The molecule has 0 aliphatic carbocycles. The number of amides is 2. The van der Waals surface area contributed by atoms with Gasteiger partial charge in [-0.1, -0.05) is 82.9 Å². The number of aromatic hydroxyl groups is 1. The van der Waals surface area contributed by atoms with Gasteiger partial charge in [-0.05, 0) is 80.8 Å². The molecular weight excluding hydrogens is 815 g/mol. The van der Waals surface area contributed by atoms with Crippen LogP contribution in [0.4, 0.5) is 5.82 Å². The molecule has 4 atom stereocenters. The monoisotopic (exact) mass is 877 g/mol. The van der Waals surface area contributed by atoms with Crippen LogP contribution in [0.25, 0.3) is 32.7 Å². The predicted octanol–water partition coefficient (Wildman–Crippen LogP) is 7.65. The number of unbranched alkanes of at least 4 members (excludes halogenated alkanes) is 5. The quantitative estimate of drug-likeness (QED) is 0.0530. The number of rotatable bonds is 17. The Hall–Kier alpha value is -5.25. The van der Waals surface area contributed by atoms with Crippen LogP contribution in [0.5, 0.6) is 5.75 Å². The smallest absolute Gasteiger partial charge is 0.243 e. The molecule has 5 N–H and O–H groups in total. The Morgan fingerprint density at radius 1 is 0.968 bits per heavy atom. The molecule has 15 heteroatoms. The van der Waals surface area contributed by atoms with Crippen LogP contribution in [-0.2, 0) is 14.4 Å². The van der Waals surface area contributed by atoms with E-state index in [4.69, 9.17) is 5.73 Å². The van der Waals surface area contributed by atoms with Gasteiger partial charge in [0.2, 0.25) is 11.8 Å². The second kappa shape index (κ2) is 20.1. The zero-order chi connectivity index (χ0) is 44.8. The summed E-state index contributed by atoms with van der Waals surface area (Å²) in [6.45, 7) is 12.6. The van der Waals surface area contributed by atoms with Crippen molar-refractivity contribution >= 4 is 45.8 Å². The number of thiazole rings is 1. The summed E-state index contributed by atoms with van der Waals surface area (Å²) in [5.74, 6) is -1.19. The molecule has 336 valence electrons. The Bertz CT molecular complexity index is 2370. The summed E-state index contributed by atoms with van der Waals surface area (Å²) < 4.78 is 1.99. The van der Waals surface area contributed by atoms with Crippen molar-refractivity contribution in [1.82, 2.24) is 40.1 Å². The Balaban J connectivity index is 0.825. The Kier molecular flexibility index (Phi) is 14.6. The number of Topliss-reactive ketones (excluding diaryl/α,β-unsaturated/α-hetero) is 1. The Labute approximate surface area is 374 Å². The lowest BCUT2D eigenvalue weighted by Gasteiger charge is -2.34. The van der Waals surface area contributed by atoms with E-state index in [9.17, 15) is 24.6 Å². The average Bonchev–Trinajstić information content (AvgIpc) is 3.97. The highest BCUT2D eigenvalue weighted by atomic mass is 32.1. The lowest BCUT2D eigenvalue weighted by Crippen LogP contribution is -2.51. The molecular formula is C48H63N9O5S. The van der Waals surface area contributed by atoms with Crippen molar-refractivity contribution in [3.05, 3.63) is 71.4 Å². The van der Waals surface area contributed by atoms with Gasteiger partial charge in [-0.15, -0.1) is 21.5 Å². The third kappa shape index (κ3) is 10.8. The van der Waals surface area contributed by atoms with E-state index in [0.29, 0.717) is 35.4 Å². The number of aliphatic hydroxyl groups excluding tert-OH is 1. The van der Waals surface area contributed by atoms with Crippen molar-refractivity contribution in [1.29, 1.82) is 0 Å². The molecule has 0 spiro atoms. The number of piperidine rings is 1. The highest BCUT2D eigenvalue weighted by Gasteiger charge is 2.46. The van der Waals surface area contributed by atoms with Crippen molar-refractivity contribution in [2.24, 2.45) is 11.3 Å². The van der Waals surface area contributed by atoms with Crippen molar-refractivity contribution in [2.45, 2.75) is 123 Å². The number of nitrogen functional groups attached to an aromatic ring is 1. The van der Waals surface area contributed by atoms with E-state index in [-0.39, 0.29) is 48.4 Å². The minimum Gasteiger partial charge on any atom is -0.507 e. The van der Waals surface area contributed by atoms with Gasteiger partial charge in [-0.3, -0.25) is 19.1 Å². The van der Waals surface area contributed by atoms with Gasteiger partial charge in [0.1, 0.15) is 23.5 Å². The molecule has 0 radical (unpaired) electrons. The van der Waals surface area contributed by atoms with Crippen LogP contribution in [0, 0.1) is 18.3 Å². The summed E-state index contributed by atoms with van der Waals surface area (Å²) in [7, 11) is 0. The topological polar surface area (TPSA) is 193 Å². The molecule has 7 rings (SSSR count). The number of nitrogens with two attached hydrogens (primary N) is 1. The normalized spacial score (nSPS) is 18.5. The van der Waals surface area contributed by atoms with Gasteiger partial charge in [0.15, 0.2) is 11.3 Å². The molecule has 63 heavy (non-hydrogen) atoms. The molecule has 0 saturated carbocycles. The molecule has 2 unspecified atom stereocenters. The number of aryl methyl sites for hydroxylation is 1. The maximum absolute atomic E-state index is 14.2. The van der Waals surface area contributed by atoms with Crippen LogP contribution in [0.15, 0.2) is 60.1 Å². The second-order valence-corrected chi connectivity index (χ2v) is 19.4. The van der Waals surface area contributed by atoms with Gasteiger partial charge in [0.25, 0.3) is 0 Å². The number of hydrogen-bond acceptors (Lipinski definition) is 12. The van der Waals surface area contributed by atoms with Crippen molar-refractivity contribution in [2.75, 3.05) is 31.9 Å². The molecule has 2 aromatic carbocycles. The number of aromatic nitrogens is 5. The van der Waals surface area contributed by atoms with Crippen molar-refractivity contribution in [3.8, 4) is 27.4 Å². The van der Waals surface area contributed by atoms with Gasteiger partial charge < -0.3 is 31.1 Å². The Morgan fingerprint density at radius 3 is 2.35 bits per heavy atom. The SMILES string of the molecule is Cc1ncsc1-c1ccc(C(C)NC(=O)[C@@H]2C[C@@H](O)CN2C(=O)C(C(=O)CCCCCCCCN2CCC(n3nc(N)c4nnc(-c5ccccc5O)cc43)CC2)C(C)(C)C)cc1. The van der Waals surface area contributed by atoms with Crippen LogP contribution < -0.4 is 11.1 Å². The molecule has 5 heterocycles. The first-order valence-electron chi connectivity index (χ1n) is 22.5. The molecule has 2 aliphatic heterocycles. The third-order valence-corrected chi connectivity index (χ3v) is 13.8. The van der Waals surface area contributed by atoms with Crippen LogP contribution in [0.1, 0.15) is 115 Å². The lowest BCUT2D eigenvalue weighted by atomic mass is 9.76. The van der Waals surface area contributed by atoms with E-state index < -0.39 is 23.5 Å². The number of aliphatic hydroxyl groups is 1. The molecule has 2 saturated heterocycles. The number of hydrogen-bond donors (Lipinski definition) is 4. The van der Waals surface area contributed by atoms with Gasteiger partial charge in [0.05, 0.1) is 45.5 Å². The fraction of sp³-hybridized carbons (Fsp3) is 0.521. The number of phenols is 1. The molecule has 2 fully saturated rings. The maximum Gasteiger partial charge on any atom is 0.243 e. The second-order valence-electron chi connectivity index (χ2n) is 18.5. The van der Waals surface area contributed by atoms with Crippen LogP contribution in [0.2, 0.25) is 0 Å². The highest BCUT2D eigenvalue weighted by molar-refractivity contribution is 7.13. The molecule has 3 aromatic heterocycles. The third-order valence-electron chi connectivity index (χ3n) is 12.8. The lowest BCUT2D eigenvalue weighted by molar-refractivity contribution is -0.149. The van der Waals surface area contributed by atoms with E-state index in [2.05, 4.69) is 30.5 Å². The number of β-amino-alcohol motifs (C(OH)–C–C–N with tert-alkyl or cyclic N) is 1. The summed E-state index contributed by atoms with van der Waals surface area (Å²) in [4.78, 5) is 51.0. The predicted molar refractivity (Wildman–Crippen MR) is 247 cm³/mol. The first-order valence-corrected chi connectivity index (χ1v) is 23.4. The van der Waals surface area contributed by atoms with Gasteiger partial charge >= 0.3 is 0 Å². The number of para-hydroxylation sites is 1. The van der Waals surface area contributed by atoms with E-state index in [1.54, 1.807) is 23.5 Å².